The molecule has 0 saturated heterocycles. The normalized spacial score (nSPS) is 13.3. The van der Waals surface area contributed by atoms with E-state index in [0.29, 0.717) is 47.6 Å². The Labute approximate surface area is 248 Å². The predicted octanol–water partition coefficient (Wildman–Crippen LogP) is 6.05. The van der Waals surface area contributed by atoms with Gasteiger partial charge in [0.15, 0.2) is 0 Å². The van der Waals surface area contributed by atoms with Gasteiger partial charge in [0.1, 0.15) is 23.3 Å². The number of esters is 1. The minimum Gasteiger partial charge on any atom is -0.467 e. The fraction of sp³-hybridized carbons (Fsp3) is 0.281. The number of hydrogen-bond donors (Lipinski definition) is 1. The molecule has 10 heteroatoms. The van der Waals surface area contributed by atoms with E-state index in [0.717, 1.165) is 5.56 Å². The van der Waals surface area contributed by atoms with Gasteiger partial charge in [-0.25, -0.2) is 18.6 Å². The first-order valence-corrected chi connectivity index (χ1v) is 14.8. The third-order valence-electron chi connectivity index (χ3n) is 6.94. The molecule has 7 nitrogen and oxygen atoms in total. The average Bonchev–Trinajstić information content (AvgIpc) is 3.52. The summed E-state index contributed by atoms with van der Waals surface area (Å²) in [6, 6.07) is 17.1. The molecule has 0 aliphatic rings. The van der Waals surface area contributed by atoms with Crippen LogP contribution in [0.25, 0.3) is 11.1 Å². The van der Waals surface area contributed by atoms with E-state index in [1.165, 1.54) is 31.4 Å². The summed E-state index contributed by atoms with van der Waals surface area (Å²) in [6.45, 7) is 2.52. The summed E-state index contributed by atoms with van der Waals surface area (Å²) in [5, 5.41) is 2.87. The summed E-state index contributed by atoms with van der Waals surface area (Å²) in [6.07, 6.45) is 6.90. The number of methoxy groups -OCH3 is 1. The predicted molar refractivity (Wildman–Crippen MR) is 159 cm³/mol. The van der Waals surface area contributed by atoms with Gasteiger partial charge in [0.05, 0.1) is 20.0 Å². The van der Waals surface area contributed by atoms with Gasteiger partial charge < -0.3 is 19.4 Å². The van der Waals surface area contributed by atoms with Crippen LogP contribution in [0.1, 0.15) is 40.9 Å². The quantitative estimate of drug-likeness (QED) is 0.190. The molecule has 0 aliphatic carbocycles. The second-order valence-electron chi connectivity index (χ2n) is 9.94. The molecular formula is C32H33F2N3O4S. The Hall–Kier alpha value is -4.02. The van der Waals surface area contributed by atoms with Crippen molar-refractivity contribution in [1.29, 1.82) is 0 Å². The molecule has 1 N–H and O–H groups in total. The van der Waals surface area contributed by atoms with E-state index in [9.17, 15) is 18.4 Å². The van der Waals surface area contributed by atoms with Gasteiger partial charge in [0, 0.05) is 24.5 Å². The molecule has 2 atom stereocenters. The van der Waals surface area contributed by atoms with Crippen molar-refractivity contribution in [1.82, 2.24) is 14.9 Å². The lowest BCUT2D eigenvalue weighted by atomic mass is 9.91. The van der Waals surface area contributed by atoms with Gasteiger partial charge in [-0.3, -0.25) is 4.79 Å². The minimum atomic E-state index is -1.25. The molecular weight excluding hydrogens is 560 g/mol. The first-order chi connectivity index (χ1) is 20.2. The zero-order valence-electron chi connectivity index (χ0n) is 23.7. The molecule has 0 spiro atoms. The third kappa shape index (κ3) is 7.63. The van der Waals surface area contributed by atoms with E-state index in [-0.39, 0.29) is 5.82 Å². The maximum Gasteiger partial charge on any atom is 0.331 e. The summed E-state index contributed by atoms with van der Waals surface area (Å²) in [4.78, 5) is 30.4. The maximum atomic E-state index is 13.9. The lowest BCUT2D eigenvalue weighted by Gasteiger charge is -2.28. The number of amides is 1. The zero-order valence-corrected chi connectivity index (χ0v) is 24.5. The number of hydrogen-bond acceptors (Lipinski definition) is 6. The van der Waals surface area contributed by atoms with E-state index in [4.69, 9.17) is 9.47 Å². The van der Waals surface area contributed by atoms with Gasteiger partial charge in [0.2, 0.25) is 0 Å². The van der Waals surface area contributed by atoms with Crippen LogP contribution in [0.2, 0.25) is 0 Å². The highest BCUT2D eigenvalue weighted by molar-refractivity contribution is 7.98. The minimum absolute atomic E-state index is 0.293. The summed E-state index contributed by atoms with van der Waals surface area (Å²) in [5.41, 5.74) is 1.60. The lowest BCUT2D eigenvalue weighted by Crippen LogP contribution is -2.53. The van der Waals surface area contributed by atoms with Gasteiger partial charge in [-0.2, -0.15) is 11.8 Å². The summed E-state index contributed by atoms with van der Waals surface area (Å²) < 4.78 is 40.8. The second kappa shape index (κ2) is 14.2. The van der Waals surface area contributed by atoms with Crippen LogP contribution in [-0.4, -0.2) is 52.7 Å². The summed E-state index contributed by atoms with van der Waals surface area (Å²) in [7, 11) is 1.28. The highest BCUT2D eigenvalue weighted by atomic mass is 32.2. The number of nitrogens with one attached hydrogen (secondary N) is 1. The molecule has 1 amide bonds. The number of nitrogens with zero attached hydrogens (tertiary/aromatic N) is 2. The molecule has 4 rings (SSSR count). The number of thioether (sulfide) groups is 1. The molecule has 42 heavy (non-hydrogen) atoms. The molecule has 220 valence electrons. The van der Waals surface area contributed by atoms with Crippen molar-refractivity contribution in [3.8, 4) is 11.1 Å². The van der Waals surface area contributed by atoms with E-state index in [1.54, 1.807) is 67.6 Å². The average molecular weight is 594 g/mol. The molecule has 1 unspecified atom stereocenters. The fourth-order valence-electron chi connectivity index (χ4n) is 4.57. The Kier molecular flexibility index (Phi) is 10.5. The van der Waals surface area contributed by atoms with Crippen molar-refractivity contribution < 1.29 is 27.8 Å². The van der Waals surface area contributed by atoms with Crippen molar-refractivity contribution >= 4 is 23.6 Å². The van der Waals surface area contributed by atoms with Crippen molar-refractivity contribution in [2.75, 3.05) is 25.7 Å². The molecule has 3 aromatic carbocycles. The topological polar surface area (TPSA) is 82.5 Å². The molecule has 0 saturated carbocycles. The van der Waals surface area contributed by atoms with Gasteiger partial charge in [0.25, 0.3) is 5.91 Å². The SMILES string of the molecule is COC(=O)[C@](C)(CCSC)NC(=O)c1ccc(C(OCCn2ccnc2)c2ccc(F)cc2)cc1-c1ccc(F)cc1. The van der Waals surface area contributed by atoms with Crippen LogP contribution >= 0.6 is 11.8 Å². The molecule has 0 fully saturated rings. The van der Waals surface area contributed by atoms with Gasteiger partial charge >= 0.3 is 5.97 Å². The Morgan fingerprint density at radius 1 is 1.02 bits per heavy atom. The first-order valence-electron chi connectivity index (χ1n) is 13.4. The number of ether oxygens (including phenoxy) is 2. The van der Waals surface area contributed by atoms with Crippen molar-refractivity contribution in [3.63, 3.8) is 0 Å². The first kappa shape index (κ1) is 30.9. The molecule has 1 heterocycles. The van der Waals surface area contributed by atoms with Crippen molar-refractivity contribution in [2.45, 2.75) is 31.5 Å². The van der Waals surface area contributed by atoms with E-state index < -0.39 is 29.3 Å². The van der Waals surface area contributed by atoms with Crippen molar-refractivity contribution in [3.05, 3.63) is 114 Å². The number of halogens is 2. The van der Waals surface area contributed by atoms with Crippen LogP contribution in [0.15, 0.2) is 85.5 Å². The lowest BCUT2D eigenvalue weighted by molar-refractivity contribution is -0.147. The van der Waals surface area contributed by atoms with E-state index in [2.05, 4.69) is 10.3 Å². The van der Waals surface area contributed by atoms with Crippen LogP contribution in [0, 0.1) is 11.6 Å². The van der Waals surface area contributed by atoms with Gasteiger partial charge in [-0.15, -0.1) is 0 Å². The standard InChI is InChI=1S/C32H33F2N3O4S/c1-32(14-19-42-3,31(39)40-2)36-30(38)27-13-8-24(20-28(27)22-4-9-25(33)10-5-22)29(23-6-11-26(34)12-7-23)41-18-17-37-16-15-35-21-37/h4-13,15-16,20-21,29H,14,17-19H2,1-3H3,(H,36,38)/t29?,32-/m0/s1. The van der Waals surface area contributed by atoms with Crippen LogP contribution in [0.4, 0.5) is 8.78 Å². The van der Waals surface area contributed by atoms with Crippen LogP contribution in [0.3, 0.4) is 0 Å². The Balaban J connectivity index is 1.74. The fourth-order valence-corrected chi connectivity index (χ4v) is 5.19. The molecule has 0 bridgehead atoms. The van der Waals surface area contributed by atoms with Crippen LogP contribution in [-0.2, 0) is 20.8 Å². The number of aromatic nitrogens is 2. The molecule has 4 aromatic rings. The number of imidazole rings is 1. The molecule has 0 aliphatic heterocycles. The van der Waals surface area contributed by atoms with Gasteiger partial charge in [-0.05, 0) is 84.0 Å². The van der Waals surface area contributed by atoms with Gasteiger partial charge in [-0.1, -0.05) is 30.3 Å². The van der Waals surface area contributed by atoms with Crippen LogP contribution < -0.4 is 5.32 Å². The smallest absolute Gasteiger partial charge is 0.331 e. The Bertz CT molecular complexity index is 1480. The second-order valence-corrected chi connectivity index (χ2v) is 10.9. The summed E-state index contributed by atoms with van der Waals surface area (Å²) >= 11 is 1.55. The highest BCUT2D eigenvalue weighted by Gasteiger charge is 2.36. The van der Waals surface area contributed by atoms with Crippen molar-refractivity contribution in [2.24, 2.45) is 0 Å². The molecule has 0 radical (unpaired) electrons. The number of carbonyl (C=O) groups excluding carboxylic acids is 2. The maximum absolute atomic E-state index is 13.9. The number of benzene rings is 3. The number of carbonyl (C=O) groups is 2. The number of rotatable bonds is 13. The van der Waals surface area contributed by atoms with E-state index >= 15 is 0 Å². The summed E-state index contributed by atoms with van der Waals surface area (Å²) in [5.74, 6) is -1.18. The Morgan fingerprint density at radius 3 is 2.31 bits per heavy atom. The highest BCUT2D eigenvalue weighted by Crippen LogP contribution is 2.33. The van der Waals surface area contributed by atoms with Crippen LogP contribution in [0.5, 0.6) is 0 Å². The largest absolute Gasteiger partial charge is 0.467 e. The monoisotopic (exact) mass is 593 g/mol. The third-order valence-corrected chi connectivity index (χ3v) is 7.56. The Morgan fingerprint density at radius 2 is 1.69 bits per heavy atom. The van der Waals surface area contributed by atoms with E-state index in [1.807, 2.05) is 23.1 Å². The zero-order chi connectivity index (χ0) is 30.1. The molecule has 1 aromatic heterocycles.